The summed E-state index contributed by atoms with van der Waals surface area (Å²) in [7, 11) is 0. The highest BCUT2D eigenvalue weighted by molar-refractivity contribution is 6.14. The Labute approximate surface area is 174 Å². The van der Waals surface area contributed by atoms with Gasteiger partial charge in [0, 0.05) is 22.9 Å². The average Bonchev–Trinajstić information content (AvgIpc) is 3.13. The zero-order valence-corrected chi connectivity index (χ0v) is 16.6. The number of hydrogen-bond acceptors (Lipinski definition) is 4. The van der Waals surface area contributed by atoms with E-state index in [4.69, 9.17) is 4.74 Å². The largest absolute Gasteiger partial charge is 0.452 e. The molecular weight excluding hydrogens is 378 g/mol. The van der Waals surface area contributed by atoms with Crippen LogP contribution in [0.3, 0.4) is 0 Å². The number of hydrogen-bond donors (Lipinski definition) is 0. The molecule has 1 heterocycles. The Morgan fingerprint density at radius 1 is 0.867 bits per heavy atom. The summed E-state index contributed by atoms with van der Waals surface area (Å²) in [5.74, 6) is -1.24. The van der Waals surface area contributed by atoms with Gasteiger partial charge in [0.1, 0.15) is 0 Å². The fourth-order valence-corrected chi connectivity index (χ4v) is 3.82. The van der Waals surface area contributed by atoms with E-state index in [1.165, 1.54) is 6.07 Å². The summed E-state index contributed by atoms with van der Waals surface area (Å²) in [6.07, 6.45) is 0.768. The first-order valence-electron chi connectivity index (χ1n) is 9.82. The number of anilines is 1. The van der Waals surface area contributed by atoms with Crippen molar-refractivity contribution in [3.05, 3.63) is 101 Å². The maximum atomic E-state index is 12.8. The fourth-order valence-electron chi connectivity index (χ4n) is 3.82. The van der Waals surface area contributed by atoms with E-state index in [2.05, 4.69) is 0 Å². The first kappa shape index (κ1) is 19.6. The normalized spacial score (nSPS) is 14.8. The van der Waals surface area contributed by atoms with E-state index >= 15 is 0 Å². The van der Waals surface area contributed by atoms with Gasteiger partial charge in [-0.05, 0) is 31.0 Å². The minimum absolute atomic E-state index is 0.000506. The molecule has 150 valence electrons. The lowest BCUT2D eigenvalue weighted by Gasteiger charge is -2.22. The quantitative estimate of drug-likeness (QED) is 0.480. The highest BCUT2D eigenvalue weighted by atomic mass is 16.5. The van der Waals surface area contributed by atoms with Crippen molar-refractivity contribution in [3.63, 3.8) is 0 Å². The van der Waals surface area contributed by atoms with Gasteiger partial charge in [-0.15, -0.1) is 0 Å². The first-order chi connectivity index (χ1) is 14.6. The van der Waals surface area contributed by atoms with Crippen LogP contribution in [0.15, 0.2) is 78.9 Å². The van der Waals surface area contributed by atoms with Crippen molar-refractivity contribution in [1.82, 2.24) is 0 Å². The van der Waals surface area contributed by atoms with Crippen LogP contribution in [0.4, 0.5) is 5.69 Å². The van der Waals surface area contributed by atoms with Crippen LogP contribution in [0.2, 0.25) is 0 Å². The SMILES string of the molecule is C[C@@H]1Cc2ccccc2N1C(=O)COC(=O)c1ccccc1C(=O)c1ccccc1. The molecule has 0 bridgehead atoms. The summed E-state index contributed by atoms with van der Waals surface area (Å²) in [6.45, 7) is 1.58. The molecule has 0 fully saturated rings. The predicted molar refractivity (Wildman–Crippen MR) is 114 cm³/mol. The molecule has 30 heavy (non-hydrogen) atoms. The van der Waals surface area contributed by atoms with Crippen LogP contribution in [-0.2, 0) is 16.0 Å². The third-order valence-electron chi connectivity index (χ3n) is 5.23. The summed E-state index contributed by atoms with van der Waals surface area (Å²) in [5, 5.41) is 0. The Kier molecular flexibility index (Phi) is 5.44. The maximum Gasteiger partial charge on any atom is 0.339 e. The Balaban J connectivity index is 1.49. The molecule has 0 saturated carbocycles. The zero-order valence-electron chi connectivity index (χ0n) is 16.6. The van der Waals surface area contributed by atoms with Crippen molar-refractivity contribution in [1.29, 1.82) is 0 Å². The third kappa shape index (κ3) is 3.74. The molecular formula is C25H21NO4. The summed E-state index contributed by atoms with van der Waals surface area (Å²) >= 11 is 0. The van der Waals surface area contributed by atoms with E-state index in [0.717, 1.165) is 17.7 Å². The molecule has 0 unspecified atom stereocenters. The van der Waals surface area contributed by atoms with E-state index in [-0.39, 0.29) is 35.5 Å². The van der Waals surface area contributed by atoms with Gasteiger partial charge < -0.3 is 9.64 Å². The minimum Gasteiger partial charge on any atom is -0.452 e. The molecule has 1 aliphatic heterocycles. The van der Waals surface area contributed by atoms with Gasteiger partial charge in [0.2, 0.25) is 0 Å². The number of ether oxygens (including phenoxy) is 1. The second-order valence-electron chi connectivity index (χ2n) is 7.26. The lowest BCUT2D eigenvalue weighted by molar-refractivity contribution is -0.122. The van der Waals surface area contributed by atoms with E-state index < -0.39 is 5.97 Å². The molecule has 1 aliphatic rings. The molecule has 3 aromatic carbocycles. The zero-order chi connectivity index (χ0) is 21.1. The van der Waals surface area contributed by atoms with Crippen molar-refractivity contribution in [2.45, 2.75) is 19.4 Å². The Morgan fingerprint density at radius 2 is 1.50 bits per heavy atom. The van der Waals surface area contributed by atoms with Crippen LogP contribution >= 0.6 is 0 Å². The summed E-state index contributed by atoms with van der Waals surface area (Å²) in [5.41, 5.74) is 2.83. The van der Waals surface area contributed by atoms with Crippen LogP contribution in [0, 0.1) is 0 Å². The summed E-state index contributed by atoms with van der Waals surface area (Å²) in [4.78, 5) is 40.0. The van der Waals surface area contributed by atoms with Gasteiger partial charge in [0.25, 0.3) is 5.91 Å². The number of carbonyl (C=O) groups excluding carboxylic acids is 3. The number of esters is 1. The molecule has 0 spiro atoms. The molecule has 0 N–H and O–H groups in total. The van der Waals surface area contributed by atoms with Crippen molar-refractivity contribution in [2.75, 3.05) is 11.5 Å². The van der Waals surface area contributed by atoms with E-state index in [1.54, 1.807) is 47.4 Å². The van der Waals surface area contributed by atoms with Crippen LogP contribution in [0.1, 0.15) is 38.8 Å². The average molecular weight is 399 g/mol. The molecule has 0 aliphatic carbocycles. The molecule has 3 aromatic rings. The highest BCUT2D eigenvalue weighted by Gasteiger charge is 2.31. The van der Waals surface area contributed by atoms with E-state index in [9.17, 15) is 14.4 Å². The molecule has 0 saturated heterocycles. The van der Waals surface area contributed by atoms with Crippen LogP contribution in [-0.4, -0.2) is 30.3 Å². The van der Waals surface area contributed by atoms with Crippen molar-refractivity contribution in [2.24, 2.45) is 0 Å². The van der Waals surface area contributed by atoms with E-state index in [0.29, 0.717) is 5.56 Å². The standard InChI is InChI=1S/C25H21NO4/c1-17-15-19-11-5-8-14-22(19)26(17)23(27)16-30-25(29)21-13-7-6-12-20(21)24(28)18-9-3-2-4-10-18/h2-14,17H,15-16H2,1H3/t17-/m1/s1. The molecule has 5 nitrogen and oxygen atoms in total. The molecule has 0 radical (unpaired) electrons. The van der Waals surface area contributed by atoms with Gasteiger partial charge >= 0.3 is 5.97 Å². The number of para-hydroxylation sites is 1. The lowest BCUT2D eigenvalue weighted by Crippen LogP contribution is -2.38. The van der Waals surface area contributed by atoms with Crippen molar-refractivity contribution >= 4 is 23.3 Å². The van der Waals surface area contributed by atoms with Gasteiger partial charge in [0.15, 0.2) is 12.4 Å². The molecule has 4 rings (SSSR count). The van der Waals surface area contributed by atoms with Crippen LogP contribution in [0.25, 0.3) is 0 Å². The lowest BCUT2D eigenvalue weighted by atomic mass is 9.98. The van der Waals surface area contributed by atoms with Crippen molar-refractivity contribution < 1.29 is 19.1 Å². The second-order valence-corrected chi connectivity index (χ2v) is 7.26. The number of rotatable bonds is 5. The number of benzene rings is 3. The maximum absolute atomic E-state index is 12.8. The minimum atomic E-state index is -0.691. The monoisotopic (exact) mass is 399 g/mol. The van der Waals surface area contributed by atoms with Gasteiger partial charge in [0.05, 0.1) is 5.56 Å². The van der Waals surface area contributed by atoms with Crippen LogP contribution < -0.4 is 4.90 Å². The number of fused-ring (bicyclic) bond motifs is 1. The van der Waals surface area contributed by atoms with Gasteiger partial charge in [-0.2, -0.15) is 0 Å². The molecule has 0 aromatic heterocycles. The summed E-state index contributed by atoms with van der Waals surface area (Å²) < 4.78 is 5.31. The van der Waals surface area contributed by atoms with Gasteiger partial charge in [-0.1, -0.05) is 66.7 Å². The number of carbonyl (C=O) groups is 3. The third-order valence-corrected chi connectivity index (χ3v) is 5.23. The molecule has 1 atom stereocenters. The highest BCUT2D eigenvalue weighted by Crippen LogP contribution is 2.31. The topological polar surface area (TPSA) is 63.7 Å². The van der Waals surface area contributed by atoms with Crippen molar-refractivity contribution in [3.8, 4) is 0 Å². The number of nitrogens with zero attached hydrogens (tertiary/aromatic N) is 1. The Hall–Kier alpha value is -3.73. The second kappa shape index (κ2) is 8.33. The Morgan fingerprint density at radius 3 is 2.27 bits per heavy atom. The first-order valence-corrected chi connectivity index (χ1v) is 9.82. The van der Waals surface area contributed by atoms with Gasteiger partial charge in [-0.25, -0.2) is 4.79 Å². The number of amides is 1. The predicted octanol–water partition coefficient (Wildman–Crippen LogP) is 4.05. The smallest absolute Gasteiger partial charge is 0.339 e. The van der Waals surface area contributed by atoms with Crippen LogP contribution in [0.5, 0.6) is 0 Å². The summed E-state index contributed by atoms with van der Waals surface area (Å²) in [6, 6.07) is 23.0. The molecule has 1 amide bonds. The molecule has 5 heteroatoms. The Bertz CT molecular complexity index is 1110. The fraction of sp³-hybridized carbons (Fsp3) is 0.160. The number of ketones is 1. The van der Waals surface area contributed by atoms with Gasteiger partial charge in [-0.3, -0.25) is 9.59 Å². The van der Waals surface area contributed by atoms with E-state index in [1.807, 2.05) is 37.3 Å².